The van der Waals surface area contributed by atoms with Gasteiger partial charge >= 0.3 is 0 Å². The van der Waals surface area contributed by atoms with Gasteiger partial charge in [-0.2, -0.15) is 0 Å². The van der Waals surface area contributed by atoms with E-state index in [1.807, 2.05) is 0 Å². The number of rotatable bonds is 3. The van der Waals surface area contributed by atoms with Gasteiger partial charge in [0.1, 0.15) is 5.82 Å². The molecule has 3 N–H and O–H groups in total. The van der Waals surface area contributed by atoms with Gasteiger partial charge < -0.3 is 11.1 Å². The van der Waals surface area contributed by atoms with Crippen LogP contribution >= 0.6 is 11.6 Å². The van der Waals surface area contributed by atoms with Crippen molar-refractivity contribution < 1.29 is 0 Å². The van der Waals surface area contributed by atoms with Crippen LogP contribution in [0.15, 0.2) is 12.3 Å². The van der Waals surface area contributed by atoms with Gasteiger partial charge in [0.05, 0.1) is 10.7 Å². The van der Waals surface area contributed by atoms with E-state index in [1.165, 1.54) is 19.3 Å². The third-order valence-corrected chi connectivity index (χ3v) is 4.16. The molecule has 1 aliphatic carbocycles. The maximum atomic E-state index is 5.90. The van der Waals surface area contributed by atoms with Gasteiger partial charge in [0.2, 0.25) is 0 Å². The highest BCUT2D eigenvalue weighted by Crippen LogP contribution is 2.36. The van der Waals surface area contributed by atoms with Crippen molar-refractivity contribution in [2.45, 2.75) is 39.2 Å². The molecule has 3 atom stereocenters. The summed E-state index contributed by atoms with van der Waals surface area (Å²) in [6.45, 7) is 4.57. The molecule has 1 saturated carbocycles. The summed E-state index contributed by atoms with van der Waals surface area (Å²) in [6, 6.07) is 2.23. The number of nitrogens with one attached hydrogen (secondary N) is 1. The zero-order chi connectivity index (χ0) is 12.4. The fourth-order valence-electron chi connectivity index (χ4n) is 2.78. The molecular formula is C13H20ClN3. The van der Waals surface area contributed by atoms with Crippen molar-refractivity contribution in [1.82, 2.24) is 4.98 Å². The molecule has 0 bridgehead atoms. The molecular weight excluding hydrogens is 234 g/mol. The van der Waals surface area contributed by atoms with E-state index in [-0.39, 0.29) is 0 Å². The highest BCUT2D eigenvalue weighted by molar-refractivity contribution is 6.30. The Kier molecular flexibility index (Phi) is 3.77. The molecule has 0 amide bonds. The first-order valence-electron chi connectivity index (χ1n) is 6.29. The molecule has 0 aliphatic heterocycles. The third-order valence-electron chi connectivity index (χ3n) is 3.96. The average molecular weight is 254 g/mol. The lowest BCUT2D eigenvalue weighted by atomic mass is 9.93. The van der Waals surface area contributed by atoms with E-state index in [9.17, 15) is 0 Å². The standard InChI is InChI=1S/C13H20ClN3/c1-3-9-4-5-12(8(9)2)17-13-11(15)6-10(14)7-16-13/h6-9,12H,3-5,15H2,1-2H3,(H,16,17). The van der Waals surface area contributed by atoms with Crippen molar-refractivity contribution >= 4 is 23.1 Å². The van der Waals surface area contributed by atoms with Crippen molar-refractivity contribution in [2.75, 3.05) is 11.1 Å². The maximum absolute atomic E-state index is 5.90. The number of nitrogen functional groups attached to an aromatic ring is 1. The summed E-state index contributed by atoms with van der Waals surface area (Å²) in [7, 11) is 0. The Morgan fingerprint density at radius 1 is 1.53 bits per heavy atom. The zero-order valence-corrected chi connectivity index (χ0v) is 11.2. The molecule has 94 valence electrons. The second-order valence-corrected chi connectivity index (χ2v) is 5.38. The minimum atomic E-state index is 0.482. The molecule has 1 heterocycles. The smallest absolute Gasteiger partial charge is 0.149 e. The summed E-state index contributed by atoms with van der Waals surface area (Å²) in [5.74, 6) is 2.26. The molecule has 0 radical (unpaired) electrons. The zero-order valence-electron chi connectivity index (χ0n) is 10.4. The van der Waals surface area contributed by atoms with E-state index < -0.39 is 0 Å². The molecule has 1 aromatic heterocycles. The second-order valence-electron chi connectivity index (χ2n) is 4.95. The normalized spacial score (nSPS) is 28.3. The topological polar surface area (TPSA) is 50.9 Å². The van der Waals surface area contributed by atoms with Crippen LogP contribution in [0.4, 0.5) is 11.5 Å². The van der Waals surface area contributed by atoms with Gasteiger partial charge in [-0.15, -0.1) is 0 Å². The monoisotopic (exact) mass is 253 g/mol. The first kappa shape index (κ1) is 12.5. The highest BCUT2D eigenvalue weighted by atomic mass is 35.5. The molecule has 2 rings (SSSR count). The maximum Gasteiger partial charge on any atom is 0.149 e. The van der Waals surface area contributed by atoms with E-state index >= 15 is 0 Å². The van der Waals surface area contributed by atoms with E-state index in [4.69, 9.17) is 17.3 Å². The van der Waals surface area contributed by atoms with Gasteiger partial charge in [-0.05, 0) is 30.7 Å². The summed E-state index contributed by atoms with van der Waals surface area (Å²) in [5.41, 5.74) is 6.53. The molecule has 0 saturated heterocycles. The van der Waals surface area contributed by atoms with Crippen LogP contribution in [0.3, 0.4) is 0 Å². The molecule has 1 aliphatic rings. The predicted octanol–water partition coefficient (Wildman–Crippen LogP) is 3.55. The fraction of sp³-hybridized carbons (Fsp3) is 0.615. The number of nitrogens with zero attached hydrogens (tertiary/aromatic N) is 1. The van der Waals surface area contributed by atoms with Crippen molar-refractivity contribution in [2.24, 2.45) is 11.8 Å². The fourth-order valence-corrected chi connectivity index (χ4v) is 2.94. The van der Waals surface area contributed by atoms with Crippen LogP contribution in [-0.2, 0) is 0 Å². The van der Waals surface area contributed by atoms with Crippen LogP contribution in [-0.4, -0.2) is 11.0 Å². The van der Waals surface area contributed by atoms with E-state index in [2.05, 4.69) is 24.1 Å². The Bertz CT molecular complexity index is 394. The molecule has 3 nitrogen and oxygen atoms in total. The second kappa shape index (κ2) is 5.13. The number of halogens is 1. The molecule has 17 heavy (non-hydrogen) atoms. The van der Waals surface area contributed by atoms with Crippen molar-refractivity contribution in [3.05, 3.63) is 17.3 Å². The molecule has 0 aromatic carbocycles. The Morgan fingerprint density at radius 2 is 2.29 bits per heavy atom. The van der Waals surface area contributed by atoms with Crippen molar-refractivity contribution in [3.8, 4) is 0 Å². The van der Waals surface area contributed by atoms with Gasteiger partial charge in [-0.3, -0.25) is 0 Å². The van der Waals surface area contributed by atoms with Gasteiger partial charge in [0.15, 0.2) is 0 Å². The minimum absolute atomic E-state index is 0.482. The molecule has 1 fully saturated rings. The third kappa shape index (κ3) is 2.65. The Labute approximate surface area is 108 Å². The summed E-state index contributed by atoms with van der Waals surface area (Å²) in [6.07, 6.45) is 5.38. The summed E-state index contributed by atoms with van der Waals surface area (Å²) in [4.78, 5) is 4.26. The van der Waals surface area contributed by atoms with Crippen LogP contribution in [0.5, 0.6) is 0 Å². The number of nitrogens with two attached hydrogens (primary N) is 1. The summed E-state index contributed by atoms with van der Waals surface area (Å²) < 4.78 is 0. The average Bonchev–Trinajstić information content (AvgIpc) is 2.64. The number of pyridine rings is 1. The molecule has 0 spiro atoms. The van der Waals surface area contributed by atoms with Gasteiger partial charge in [-0.25, -0.2) is 4.98 Å². The number of aromatic nitrogens is 1. The quantitative estimate of drug-likeness (QED) is 0.866. The SMILES string of the molecule is CCC1CCC(Nc2ncc(Cl)cc2N)C1C. The predicted molar refractivity (Wildman–Crippen MR) is 73.2 cm³/mol. The van der Waals surface area contributed by atoms with Crippen molar-refractivity contribution in [1.29, 1.82) is 0 Å². The van der Waals surface area contributed by atoms with E-state index in [0.717, 1.165) is 11.7 Å². The first-order chi connectivity index (χ1) is 8.11. The van der Waals surface area contributed by atoms with Gasteiger partial charge in [0.25, 0.3) is 0 Å². The van der Waals surface area contributed by atoms with Crippen LogP contribution in [0.25, 0.3) is 0 Å². The van der Waals surface area contributed by atoms with Crippen LogP contribution in [0.2, 0.25) is 5.02 Å². The lowest BCUT2D eigenvalue weighted by molar-refractivity contribution is 0.391. The number of hydrogen-bond acceptors (Lipinski definition) is 3. The number of hydrogen-bond donors (Lipinski definition) is 2. The molecule has 3 unspecified atom stereocenters. The largest absolute Gasteiger partial charge is 0.396 e. The highest BCUT2D eigenvalue weighted by Gasteiger charge is 2.31. The Morgan fingerprint density at radius 3 is 2.88 bits per heavy atom. The lowest BCUT2D eigenvalue weighted by Crippen LogP contribution is -2.25. The summed E-state index contributed by atoms with van der Waals surface area (Å²) in [5, 5.41) is 4.04. The van der Waals surface area contributed by atoms with Crippen molar-refractivity contribution in [3.63, 3.8) is 0 Å². The van der Waals surface area contributed by atoms with Crippen LogP contribution < -0.4 is 11.1 Å². The number of anilines is 2. The van der Waals surface area contributed by atoms with Crippen LogP contribution in [0, 0.1) is 11.8 Å². The molecule has 1 aromatic rings. The molecule has 4 heteroatoms. The Balaban J connectivity index is 2.06. The van der Waals surface area contributed by atoms with E-state index in [1.54, 1.807) is 12.3 Å². The minimum Gasteiger partial charge on any atom is -0.396 e. The lowest BCUT2D eigenvalue weighted by Gasteiger charge is -2.22. The van der Waals surface area contributed by atoms with Crippen LogP contribution in [0.1, 0.15) is 33.1 Å². The summed E-state index contributed by atoms with van der Waals surface area (Å²) >= 11 is 5.84. The first-order valence-corrected chi connectivity index (χ1v) is 6.67. The van der Waals surface area contributed by atoms with Gasteiger partial charge in [0, 0.05) is 12.2 Å². The van der Waals surface area contributed by atoms with E-state index in [0.29, 0.717) is 22.7 Å². The van der Waals surface area contributed by atoms with Gasteiger partial charge in [-0.1, -0.05) is 31.9 Å². The Hall–Kier alpha value is -0.960.